The fourth-order valence-electron chi connectivity index (χ4n) is 1.50. The Morgan fingerprint density at radius 1 is 1.56 bits per heavy atom. The van der Waals surface area contributed by atoms with Gasteiger partial charge in [-0.3, -0.25) is 4.79 Å². The van der Waals surface area contributed by atoms with Crippen molar-refractivity contribution in [2.75, 3.05) is 6.26 Å². The number of carbonyl (C=O) groups excluding carboxylic acids is 1. The summed E-state index contributed by atoms with van der Waals surface area (Å²) in [6.07, 6.45) is 1.90. The van der Waals surface area contributed by atoms with Crippen LogP contribution in [0.4, 0.5) is 0 Å². The van der Waals surface area contributed by atoms with Crippen LogP contribution in [0.1, 0.15) is 34.6 Å². The maximum atomic E-state index is 12.0. The number of nitrogens with two attached hydrogens (primary N) is 1. The van der Waals surface area contributed by atoms with Gasteiger partial charge in [0.1, 0.15) is 0 Å². The van der Waals surface area contributed by atoms with E-state index in [4.69, 9.17) is 5.73 Å². The quantitative estimate of drug-likeness (QED) is 0.476. The molecule has 2 radical (unpaired) electrons. The highest BCUT2D eigenvalue weighted by Gasteiger charge is 2.55. The number of amides is 1. The minimum Gasteiger partial charge on any atom is -0.362 e. The zero-order valence-electron chi connectivity index (χ0n) is 11.0. The summed E-state index contributed by atoms with van der Waals surface area (Å²) >= 11 is 1.46. The first kappa shape index (κ1) is 14.1. The molecule has 5 heteroatoms. The van der Waals surface area contributed by atoms with Gasteiger partial charge in [0.2, 0.25) is 5.91 Å². The van der Waals surface area contributed by atoms with Gasteiger partial charge in [0, 0.05) is 0 Å². The molecule has 0 aromatic heterocycles. The molecule has 0 bridgehead atoms. The molecule has 0 spiro atoms. The number of hydrogen-bond acceptors (Lipinski definition) is 3. The second-order valence-electron chi connectivity index (χ2n) is 5.57. The maximum absolute atomic E-state index is 12.0. The van der Waals surface area contributed by atoms with E-state index in [-0.39, 0.29) is 17.4 Å². The molecule has 1 amide bonds. The highest BCUT2D eigenvalue weighted by molar-refractivity contribution is 8.00. The predicted molar refractivity (Wildman–Crippen MR) is 71.4 cm³/mol. The lowest BCUT2D eigenvalue weighted by atomic mass is 9.93. The Bertz CT molecular complexity index is 292. The summed E-state index contributed by atoms with van der Waals surface area (Å²) in [6.45, 7) is 10.9. The number of rotatable bonds is 3. The zero-order valence-corrected chi connectivity index (χ0v) is 12.8. The molecule has 1 aliphatic heterocycles. The van der Waals surface area contributed by atoms with E-state index in [1.807, 2.05) is 17.7 Å². The van der Waals surface area contributed by atoms with Crippen LogP contribution >= 0.6 is 11.8 Å². The number of β-lactam (4-membered cyclic amide) rings is 1. The minimum absolute atomic E-state index is 0.0990. The van der Waals surface area contributed by atoms with Gasteiger partial charge in [-0.2, -0.15) is 0 Å². The van der Waals surface area contributed by atoms with Gasteiger partial charge in [0.15, 0.2) is 14.6 Å². The molecule has 0 aromatic rings. The molecule has 1 heterocycles. The van der Waals surface area contributed by atoms with Crippen molar-refractivity contribution in [1.82, 2.24) is 4.57 Å². The second kappa shape index (κ2) is 4.35. The Morgan fingerprint density at radius 2 is 2.06 bits per heavy atom. The standard InChI is InChI=1S/C11H22N2OSSi/c1-7-11(12,15-6)9(14)13(7)16-8(2)10(3,4)5/h7-8H,12H2,1-6H3. The molecule has 16 heavy (non-hydrogen) atoms. The summed E-state index contributed by atoms with van der Waals surface area (Å²) in [5.41, 5.74) is 6.79. The van der Waals surface area contributed by atoms with Gasteiger partial charge in [0.05, 0.1) is 6.04 Å². The van der Waals surface area contributed by atoms with Crippen LogP contribution in [-0.2, 0) is 4.79 Å². The van der Waals surface area contributed by atoms with E-state index in [0.29, 0.717) is 15.2 Å². The molecule has 1 rings (SSSR count). The fourth-order valence-corrected chi connectivity index (χ4v) is 3.93. The van der Waals surface area contributed by atoms with Crippen LogP contribution in [0.25, 0.3) is 0 Å². The normalized spacial score (nSPS) is 32.6. The summed E-state index contributed by atoms with van der Waals surface area (Å²) in [5, 5.41) is 0. The molecule has 0 aliphatic carbocycles. The summed E-state index contributed by atoms with van der Waals surface area (Å²) in [5.74, 6) is 0.0990. The average Bonchev–Trinajstić information content (AvgIpc) is 2.21. The number of carbonyl (C=O) groups is 1. The maximum Gasteiger partial charge on any atom is 0.247 e. The van der Waals surface area contributed by atoms with Crippen LogP contribution in [0, 0.1) is 5.41 Å². The van der Waals surface area contributed by atoms with E-state index < -0.39 is 4.87 Å². The van der Waals surface area contributed by atoms with E-state index >= 15 is 0 Å². The summed E-state index contributed by atoms with van der Waals surface area (Å²) in [7, 11) is 0.539. The Labute approximate surface area is 105 Å². The SMILES string of the molecule is CSC1(N)C(=O)N([Si]C(C)C(C)(C)C)C1C. The molecule has 3 unspecified atom stereocenters. The third-order valence-corrected chi connectivity index (χ3v) is 6.84. The third-order valence-electron chi connectivity index (χ3n) is 3.53. The molecule has 0 saturated carbocycles. The van der Waals surface area contributed by atoms with Crippen molar-refractivity contribution >= 4 is 27.4 Å². The van der Waals surface area contributed by atoms with E-state index in [1.165, 1.54) is 11.8 Å². The van der Waals surface area contributed by atoms with Crippen molar-refractivity contribution in [2.45, 2.75) is 51.1 Å². The Kier molecular flexibility index (Phi) is 3.82. The molecule has 3 nitrogen and oxygen atoms in total. The molecule has 1 aliphatic rings. The molecule has 2 N–H and O–H groups in total. The topological polar surface area (TPSA) is 46.3 Å². The minimum atomic E-state index is -0.676. The smallest absolute Gasteiger partial charge is 0.247 e. The van der Waals surface area contributed by atoms with Gasteiger partial charge in [-0.25, -0.2) is 0 Å². The van der Waals surface area contributed by atoms with Crippen LogP contribution < -0.4 is 5.73 Å². The molecule has 3 atom stereocenters. The Hall–Kier alpha value is -0.00312. The Balaban J connectivity index is 2.64. The van der Waals surface area contributed by atoms with E-state index in [0.717, 1.165) is 0 Å². The summed E-state index contributed by atoms with van der Waals surface area (Å²) in [6, 6.07) is 0.151. The first-order valence-electron chi connectivity index (χ1n) is 5.58. The van der Waals surface area contributed by atoms with Crippen LogP contribution in [0.5, 0.6) is 0 Å². The first-order valence-corrected chi connectivity index (χ1v) is 7.83. The number of nitrogens with zero attached hydrogens (tertiary/aromatic N) is 1. The summed E-state index contributed by atoms with van der Waals surface area (Å²) < 4.78 is 1.94. The van der Waals surface area contributed by atoms with Gasteiger partial charge < -0.3 is 10.3 Å². The fraction of sp³-hybridized carbons (Fsp3) is 0.909. The molecule has 1 saturated heterocycles. The highest BCUT2D eigenvalue weighted by atomic mass is 32.2. The van der Waals surface area contributed by atoms with Gasteiger partial charge in [-0.1, -0.05) is 27.7 Å². The lowest BCUT2D eigenvalue weighted by Gasteiger charge is -2.53. The predicted octanol–water partition coefficient (Wildman–Crippen LogP) is 1.71. The van der Waals surface area contributed by atoms with Crippen molar-refractivity contribution in [1.29, 1.82) is 0 Å². The molecule has 1 fully saturated rings. The molecular formula is C11H22N2OSSi. The summed E-state index contributed by atoms with van der Waals surface area (Å²) in [4.78, 5) is 11.3. The van der Waals surface area contributed by atoms with Gasteiger partial charge in [-0.15, -0.1) is 11.8 Å². The number of thioether (sulfide) groups is 1. The third kappa shape index (κ3) is 2.17. The van der Waals surface area contributed by atoms with Crippen molar-refractivity contribution in [2.24, 2.45) is 11.1 Å². The van der Waals surface area contributed by atoms with Gasteiger partial charge in [-0.05, 0) is 24.1 Å². The lowest BCUT2D eigenvalue weighted by molar-refractivity contribution is -0.142. The average molecular weight is 258 g/mol. The molecular weight excluding hydrogens is 236 g/mol. The van der Waals surface area contributed by atoms with Crippen LogP contribution in [0.15, 0.2) is 0 Å². The van der Waals surface area contributed by atoms with Crippen molar-refractivity contribution in [3.8, 4) is 0 Å². The van der Waals surface area contributed by atoms with Crippen molar-refractivity contribution in [3.63, 3.8) is 0 Å². The van der Waals surface area contributed by atoms with Gasteiger partial charge >= 0.3 is 0 Å². The molecule has 0 aromatic carbocycles. The van der Waals surface area contributed by atoms with Crippen LogP contribution in [0.3, 0.4) is 0 Å². The van der Waals surface area contributed by atoms with Crippen molar-refractivity contribution < 1.29 is 4.79 Å². The van der Waals surface area contributed by atoms with E-state index in [1.54, 1.807) is 0 Å². The Morgan fingerprint density at radius 3 is 2.38 bits per heavy atom. The van der Waals surface area contributed by atoms with E-state index in [2.05, 4.69) is 27.7 Å². The number of hydrogen-bond donors (Lipinski definition) is 1. The monoisotopic (exact) mass is 258 g/mol. The molecule has 92 valence electrons. The zero-order chi connectivity index (χ0) is 12.7. The largest absolute Gasteiger partial charge is 0.362 e. The highest BCUT2D eigenvalue weighted by Crippen LogP contribution is 2.39. The lowest BCUT2D eigenvalue weighted by Crippen LogP contribution is -2.76. The van der Waals surface area contributed by atoms with Crippen molar-refractivity contribution in [3.05, 3.63) is 0 Å². The van der Waals surface area contributed by atoms with Gasteiger partial charge in [0.25, 0.3) is 0 Å². The first-order chi connectivity index (χ1) is 7.14. The van der Waals surface area contributed by atoms with Crippen LogP contribution in [-0.4, -0.2) is 37.3 Å². The second-order valence-corrected chi connectivity index (χ2v) is 8.25. The van der Waals surface area contributed by atoms with E-state index in [9.17, 15) is 4.79 Å². The van der Waals surface area contributed by atoms with Crippen LogP contribution in [0.2, 0.25) is 5.54 Å².